The van der Waals surface area contributed by atoms with Crippen molar-refractivity contribution >= 4 is 5.97 Å². The van der Waals surface area contributed by atoms with Gasteiger partial charge in [-0.2, -0.15) is 0 Å². The van der Waals surface area contributed by atoms with Crippen LogP contribution in [0.5, 0.6) is 0 Å². The van der Waals surface area contributed by atoms with Crippen LogP contribution >= 0.6 is 0 Å². The topological polar surface area (TPSA) is 49.3 Å². The fourth-order valence-electron chi connectivity index (χ4n) is 1.97. The van der Waals surface area contributed by atoms with Crippen molar-refractivity contribution in [2.24, 2.45) is 5.92 Å². The van der Waals surface area contributed by atoms with E-state index in [0.29, 0.717) is 18.4 Å². The first-order valence-electron chi connectivity index (χ1n) is 4.69. The summed E-state index contributed by atoms with van der Waals surface area (Å²) < 4.78 is 0. The fraction of sp³-hybridized carbons (Fsp3) is 0.889. The molecule has 0 aromatic rings. The van der Waals surface area contributed by atoms with E-state index in [2.05, 4.69) is 12.2 Å². The Labute approximate surface area is 73.2 Å². The highest BCUT2D eigenvalue weighted by Crippen LogP contribution is 2.21. The Bertz CT molecular complexity index is 159. The Morgan fingerprint density at radius 2 is 2.42 bits per heavy atom. The summed E-state index contributed by atoms with van der Waals surface area (Å²) in [6.07, 6.45) is 3.55. The number of carboxylic acids is 1. The molecule has 2 unspecified atom stereocenters. The molecule has 1 aliphatic heterocycles. The van der Waals surface area contributed by atoms with Crippen LogP contribution in [0.2, 0.25) is 0 Å². The lowest BCUT2D eigenvalue weighted by atomic mass is 9.87. The average molecular weight is 171 g/mol. The number of piperidine rings is 1. The third-order valence-electron chi connectivity index (χ3n) is 2.60. The van der Waals surface area contributed by atoms with Crippen LogP contribution in [0.4, 0.5) is 0 Å². The zero-order valence-electron chi connectivity index (χ0n) is 7.55. The molecule has 12 heavy (non-hydrogen) atoms. The van der Waals surface area contributed by atoms with Crippen molar-refractivity contribution < 1.29 is 9.90 Å². The van der Waals surface area contributed by atoms with Gasteiger partial charge >= 0.3 is 5.97 Å². The smallest absolute Gasteiger partial charge is 0.303 e. The molecule has 0 amide bonds. The summed E-state index contributed by atoms with van der Waals surface area (Å²) in [4.78, 5) is 10.5. The Balaban J connectivity index is 2.41. The van der Waals surface area contributed by atoms with Gasteiger partial charge in [-0.05, 0) is 31.7 Å². The third-order valence-corrected chi connectivity index (χ3v) is 2.60. The molecule has 1 heterocycles. The van der Waals surface area contributed by atoms with Crippen molar-refractivity contribution in [1.82, 2.24) is 5.32 Å². The molecule has 0 bridgehead atoms. The molecule has 0 radical (unpaired) electrons. The SMILES string of the molecule is CCC1NCCCC1CC(=O)O. The number of hydrogen-bond donors (Lipinski definition) is 2. The summed E-state index contributed by atoms with van der Waals surface area (Å²) in [6.45, 7) is 3.16. The van der Waals surface area contributed by atoms with Crippen LogP contribution in [0.15, 0.2) is 0 Å². The number of aliphatic carboxylic acids is 1. The van der Waals surface area contributed by atoms with Gasteiger partial charge in [-0.3, -0.25) is 4.79 Å². The van der Waals surface area contributed by atoms with E-state index < -0.39 is 5.97 Å². The van der Waals surface area contributed by atoms with Crippen molar-refractivity contribution in [3.63, 3.8) is 0 Å². The van der Waals surface area contributed by atoms with Crippen LogP contribution in [0.3, 0.4) is 0 Å². The van der Waals surface area contributed by atoms with Gasteiger partial charge in [0.25, 0.3) is 0 Å². The Morgan fingerprint density at radius 1 is 1.67 bits per heavy atom. The third kappa shape index (κ3) is 2.48. The molecule has 1 rings (SSSR count). The van der Waals surface area contributed by atoms with Gasteiger partial charge in [-0.25, -0.2) is 0 Å². The highest BCUT2D eigenvalue weighted by atomic mass is 16.4. The second kappa shape index (κ2) is 4.45. The molecule has 0 spiro atoms. The van der Waals surface area contributed by atoms with Crippen LogP contribution in [0, 0.1) is 5.92 Å². The minimum Gasteiger partial charge on any atom is -0.481 e. The van der Waals surface area contributed by atoms with Crippen LogP contribution < -0.4 is 5.32 Å². The van der Waals surface area contributed by atoms with Crippen molar-refractivity contribution in [2.75, 3.05) is 6.54 Å². The van der Waals surface area contributed by atoms with E-state index in [4.69, 9.17) is 5.11 Å². The van der Waals surface area contributed by atoms with Gasteiger partial charge in [0.05, 0.1) is 0 Å². The molecule has 2 N–H and O–H groups in total. The molecule has 2 atom stereocenters. The highest BCUT2D eigenvalue weighted by molar-refractivity contribution is 5.67. The molecule has 0 saturated carbocycles. The summed E-state index contributed by atoms with van der Waals surface area (Å²) >= 11 is 0. The zero-order valence-corrected chi connectivity index (χ0v) is 7.55. The van der Waals surface area contributed by atoms with E-state index in [-0.39, 0.29) is 0 Å². The van der Waals surface area contributed by atoms with Crippen LogP contribution in [0.25, 0.3) is 0 Å². The van der Waals surface area contributed by atoms with Gasteiger partial charge < -0.3 is 10.4 Å². The van der Waals surface area contributed by atoms with E-state index >= 15 is 0 Å². The van der Waals surface area contributed by atoms with Crippen molar-refractivity contribution in [3.8, 4) is 0 Å². The minimum atomic E-state index is -0.665. The van der Waals surface area contributed by atoms with E-state index in [9.17, 15) is 4.79 Å². The van der Waals surface area contributed by atoms with E-state index in [1.807, 2.05) is 0 Å². The quantitative estimate of drug-likeness (QED) is 0.671. The van der Waals surface area contributed by atoms with Gasteiger partial charge in [0.2, 0.25) is 0 Å². The summed E-state index contributed by atoms with van der Waals surface area (Å²) in [6, 6.07) is 0.426. The summed E-state index contributed by atoms with van der Waals surface area (Å²) in [5.74, 6) is -0.316. The standard InChI is InChI=1S/C9H17NO2/c1-2-8-7(6-9(11)12)4-3-5-10-8/h7-8,10H,2-6H2,1H3,(H,11,12). The van der Waals surface area contributed by atoms with Crippen LogP contribution in [-0.2, 0) is 4.79 Å². The Morgan fingerprint density at radius 3 is 3.00 bits per heavy atom. The van der Waals surface area contributed by atoms with Crippen molar-refractivity contribution in [1.29, 1.82) is 0 Å². The molecule has 3 nitrogen and oxygen atoms in total. The lowest BCUT2D eigenvalue weighted by Gasteiger charge is -2.30. The van der Waals surface area contributed by atoms with E-state index in [1.54, 1.807) is 0 Å². The molecule has 1 saturated heterocycles. The number of nitrogens with one attached hydrogen (secondary N) is 1. The van der Waals surface area contributed by atoms with Gasteiger partial charge in [0.15, 0.2) is 0 Å². The summed E-state index contributed by atoms with van der Waals surface area (Å²) in [7, 11) is 0. The Hall–Kier alpha value is -0.570. The first-order chi connectivity index (χ1) is 5.74. The molecule has 3 heteroatoms. The molecule has 0 aromatic carbocycles. The first kappa shape index (κ1) is 9.52. The van der Waals surface area contributed by atoms with E-state index in [0.717, 1.165) is 25.8 Å². The number of carbonyl (C=O) groups is 1. The predicted molar refractivity (Wildman–Crippen MR) is 47.1 cm³/mol. The predicted octanol–water partition coefficient (Wildman–Crippen LogP) is 1.24. The first-order valence-corrected chi connectivity index (χ1v) is 4.69. The van der Waals surface area contributed by atoms with Gasteiger partial charge in [-0.1, -0.05) is 6.92 Å². The zero-order chi connectivity index (χ0) is 8.97. The molecular formula is C9H17NO2. The second-order valence-electron chi connectivity index (χ2n) is 3.47. The maximum Gasteiger partial charge on any atom is 0.303 e. The fourth-order valence-corrected chi connectivity index (χ4v) is 1.97. The average Bonchev–Trinajstić information content (AvgIpc) is 2.04. The summed E-state index contributed by atoms with van der Waals surface area (Å²) in [5, 5.41) is 12.0. The molecule has 0 aliphatic carbocycles. The normalized spacial score (nSPS) is 30.1. The number of hydrogen-bond acceptors (Lipinski definition) is 2. The molecule has 1 aliphatic rings. The number of rotatable bonds is 3. The lowest BCUT2D eigenvalue weighted by molar-refractivity contribution is -0.138. The largest absolute Gasteiger partial charge is 0.481 e. The minimum absolute atomic E-state index is 0.325. The monoisotopic (exact) mass is 171 g/mol. The highest BCUT2D eigenvalue weighted by Gasteiger charge is 2.24. The second-order valence-corrected chi connectivity index (χ2v) is 3.47. The van der Waals surface area contributed by atoms with Gasteiger partial charge in [-0.15, -0.1) is 0 Å². The maximum absolute atomic E-state index is 10.5. The molecular weight excluding hydrogens is 154 g/mol. The lowest BCUT2D eigenvalue weighted by Crippen LogP contribution is -2.41. The van der Waals surface area contributed by atoms with Crippen molar-refractivity contribution in [3.05, 3.63) is 0 Å². The van der Waals surface area contributed by atoms with Crippen LogP contribution in [-0.4, -0.2) is 23.7 Å². The number of carboxylic acid groups (broad SMARTS) is 1. The molecule has 70 valence electrons. The van der Waals surface area contributed by atoms with Crippen molar-refractivity contribution in [2.45, 2.75) is 38.6 Å². The summed E-state index contributed by atoms with van der Waals surface area (Å²) in [5.41, 5.74) is 0. The van der Waals surface area contributed by atoms with Gasteiger partial charge in [0.1, 0.15) is 0 Å². The van der Waals surface area contributed by atoms with E-state index in [1.165, 1.54) is 0 Å². The molecule has 0 aromatic heterocycles. The van der Waals surface area contributed by atoms with Crippen LogP contribution in [0.1, 0.15) is 32.6 Å². The maximum atomic E-state index is 10.5. The molecule has 1 fully saturated rings. The van der Waals surface area contributed by atoms with Gasteiger partial charge in [0, 0.05) is 12.5 Å². The Kier molecular flexibility index (Phi) is 3.53.